The van der Waals surface area contributed by atoms with Gasteiger partial charge in [0.1, 0.15) is 5.54 Å². The molecule has 1 aliphatic rings. The predicted octanol–water partition coefficient (Wildman–Crippen LogP) is 1.57. The van der Waals surface area contributed by atoms with Gasteiger partial charge in [-0.1, -0.05) is 13.8 Å². The van der Waals surface area contributed by atoms with Crippen LogP contribution in [-0.4, -0.2) is 25.7 Å². The maximum atomic E-state index is 11.7. The Bertz CT molecular complexity index is 217. The summed E-state index contributed by atoms with van der Waals surface area (Å²) < 4.78 is 4.87. The van der Waals surface area contributed by atoms with Crippen molar-refractivity contribution in [3.63, 3.8) is 0 Å². The van der Waals surface area contributed by atoms with Gasteiger partial charge in [0, 0.05) is 0 Å². The lowest BCUT2D eigenvalue weighted by Gasteiger charge is -2.40. The first-order chi connectivity index (χ1) is 6.55. The molecule has 0 aromatic rings. The highest BCUT2D eigenvalue weighted by Gasteiger charge is 2.43. The van der Waals surface area contributed by atoms with Gasteiger partial charge in [-0.05, 0) is 38.1 Å². The number of likely N-dealkylation sites (N-methyl/N-ethyl adjacent to an activating group) is 1. The summed E-state index contributed by atoms with van der Waals surface area (Å²) in [7, 11) is 3.31. The molecule has 0 aromatic carbocycles. The van der Waals surface area contributed by atoms with E-state index >= 15 is 0 Å². The largest absolute Gasteiger partial charge is 0.468 e. The summed E-state index contributed by atoms with van der Waals surface area (Å²) in [5.74, 6) is 1.18. The lowest BCUT2D eigenvalue weighted by atomic mass is 9.71. The van der Waals surface area contributed by atoms with Crippen molar-refractivity contribution in [3.05, 3.63) is 0 Å². The third-order valence-corrected chi connectivity index (χ3v) is 3.72. The van der Waals surface area contributed by atoms with Crippen molar-refractivity contribution in [1.82, 2.24) is 5.32 Å². The summed E-state index contributed by atoms with van der Waals surface area (Å²) in [6, 6.07) is 0. The second kappa shape index (κ2) is 4.30. The Balaban J connectivity index is 2.76. The summed E-state index contributed by atoms with van der Waals surface area (Å²) in [6.07, 6.45) is 2.87. The molecule has 0 bridgehead atoms. The van der Waals surface area contributed by atoms with Crippen molar-refractivity contribution in [2.45, 2.75) is 38.6 Å². The topological polar surface area (TPSA) is 38.3 Å². The normalized spacial score (nSPS) is 38.0. The number of hydrogen-bond donors (Lipinski definition) is 1. The van der Waals surface area contributed by atoms with Gasteiger partial charge in [-0.2, -0.15) is 0 Å². The van der Waals surface area contributed by atoms with Crippen LogP contribution < -0.4 is 5.32 Å². The van der Waals surface area contributed by atoms with Crippen molar-refractivity contribution in [1.29, 1.82) is 0 Å². The summed E-state index contributed by atoms with van der Waals surface area (Å²) in [5.41, 5.74) is -0.430. The lowest BCUT2D eigenvalue weighted by Crippen LogP contribution is -2.54. The molecule has 1 aliphatic carbocycles. The molecular weight excluding hydrogens is 178 g/mol. The van der Waals surface area contributed by atoms with Crippen LogP contribution in [0.15, 0.2) is 0 Å². The molecule has 14 heavy (non-hydrogen) atoms. The van der Waals surface area contributed by atoms with Gasteiger partial charge in [0.25, 0.3) is 0 Å². The Morgan fingerprint density at radius 3 is 2.50 bits per heavy atom. The van der Waals surface area contributed by atoms with Crippen LogP contribution >= 0.6 is 0 Å². The van der Waals surface area contributed by atoms with Crippen LogP contribution in [0.5, 0.6) is 0 Å². The molecular formula is C11H21NO2. The zero-order chi connectivity index (χ0) is 10.8. The summed E-state index contributed by atoms with van der Waals surface area (Å²) in [4.78, 5) is 11.7. The lowest BCUT2D eigenvalue weighted by molar-refractivity contribution is -0.151. The van der Waals surface area contributed by atoms with Crippen molar-refractivity contribution >= 4 is 5.97 Å². The fourth-order valence-electron chi connectivity index (χ4n) is 2.32. The number of esters is 1. The van der Waals surface area contributed by atoms with E-state index in [9.17, 15) is 4.79 Å². The molecule has 1 rings (SSSR count). The quantitative estimate of drug-likeness (QED) is 0.686. The number of nitrogens with one attached hydrogen (secondary N) is 1. The Hall–Kier alpha value is -0.570. The standard InChI is InChI=1S/C11H21NO2/c1-8-5-6-11(12-3,7-9(8)2)10(13)14-4/h8-9,12H,5-7H2,1-4H3. The molecule has 1 saturated carbocycles. The second-order valence-corrected chi connectivity index (χ2v) is 4.52. The van der Waals surface area contributed by atoms with Gasteiger partial charge in [-0.15, -0.1) is 0 Å². The fraction of sp³-hybridized carbons (Fsp3) is 0.909. The Morgan fingerprint density at radius 2 is 2.07 bits per heavy atom. The van der Waals surface area contributed by atoms with Crippen LogP contribution in [0.25, 0.3) is 0 Å². The maximum Gasteiger partial charge on any atom is 0.326 e. The number of ether oxygens (including phenoxy) is 1. The molecule has 3 nitrogen and oxygen atoms in total. The number of hydrogen-bond acceptors (Lipinski definition) is 3. The molecule has 1 fully saturated rings. The first-order valence-corrected chi connectivity index (χ1v) is 5.33. The van der Waals surface area contributed by atoms with E-state index in [0.29, 0.717) is 11.8 Å². The zero-order valence-corrected chi connectivity index (χ0v) is 9.59. The van der Waals surface area contributed by atoms with Crippen molar-refractivity contribution in [2.24, 2.45) is 11.8 Å². The Kier molecular flexibility index (Phi) is 3.53. The molecule has 3 atom stereocenters. The van der Waals surface area contributed by atoms with Gasteiger partial charge in [0.2, 0.25) is 0 Å². The summed E-state index contributed by atoms with van der Waals surface area (Å²) in [6.45, 7) is 4.46. The average molecular weight is 199 g/mol. The van der Waals surface area contributed by atoms with E-state index < -0.39 is 5.54 Å². The highest BCUT2D eigenvalue weighted by Crippen LogP contribution is 2.36. The van der Waals surface area contributed by atoms with Gasteiger partial charge in [-0.25, -0.2) is 0 Å². The van der Waals surface area contributed by atoms with Gasteiger partial charge in [0.15, 0.2) is 0 Å². The smallest absolute Gasteiger partial charge is 0.326 e. The molecule has 1 N–H and O–H groups in total. The highest BCUT2D eigenvalue weighted by atomic mass is 16.5. The van der Waals surface area contributed by atoms with E-state index in [1.54, 1.807) is 0 Å². The minimum atomic E-state index is -0.430. The monoisotopic (exact) mass is 199 g/mol. The van der Waals surface area contributed by atoms with Crippen molar-refractivity contribution in [3.8, 4) is 0 Å². The predicted molar refractivity (Wildman–Crippen MR) is 56.0 cm³/mol. The molecule has 0 spiro atoms. The average Bonchev–Trinajstić information content (AvgIpc) is 2.21. The van der Waals surface area contributed by atoms with E-state index in [0.717, 1.165) is 19.3 Å². The third kappa shape index (κ3) is 1.92. The van der Waals surface area contributed by atoms with Crippen LogP contribution in [-0.2, 0) is 9.53 Å². The van der Waals surface area contributed by atoms with Gasteiger partial charge in [0.05, 0.1) is 7.11 Å². The number of carbonyl (C=O) groups excluding carboxylic acids is 1. The molecule has 0 saturated heterocycles. The molecule has 0 aliphatic heterocycles. The SMILES string of the molecule is CNC1(C(=O)OC)CCC(C)C(C)C1. The van der Waals surface area contributed by atoms with Crippen LogP contribution in [0.1, 0.15) is 33.1 Å². The van der Waals surface area contributed by atoms with E-state index in [2.05, 4.69) is 19.2 Å². The number of methoxy groups -OCH3 is 1. The number of rotatable bonds is 2. The zero-order valence-electron chi connectivity index (χ0n) is 9.59. The Morgan fingerprint density at radius 1 is 1.43 bits per heavy atom. The van der Waals surface area contributed by atoms with E-state index in [1.165, 1.54) is 7.11 Å². The van der Waals surface area contributed by atoms with Crippen LogP contribution in [0.4, 0.5) is 0 Å². The van der Waals surface area contributed by atoms with Crippen LogP contribution in [0, 0.1) is 11.8 Å². The first-order valence-electron chi connectivity index (χ1n) is 5.33. The van der Waals surface area contributed by atoms with Crippen LogP contribution in [0.2, 0.25) is 0 Å². The molecule has 82 valence electrons. The highest BCUT2D eigenvalue weighted by molar-refractivity contribution is 5.80. The van der Waals surface area contributed by atoms with Gasteiger partial charge < -0.3 is 10.1 Å². The summed E-state index contributed by atoms with van der Waals surface area (Å²) >= 11 is 0. The van der Waals surface area contributed by atoms with Crippen molar-refractivity contribution in [2.75, 3.05) is 14.2 Å². The van der Waals surface area contributed by atoms with Crippen molar-refractivity contribution < 1.29 is 9.53 Å². The minimum Gasteiger partial charge on any atom is -0.468 e. The minimum absolute atomic E-state index is 0.112. The molecule has 3 heteroatoms. The van der Waals surface area contributed by atoms with E-state index in [-0.39, 0.29) is 5.97 Å². The summed E-state index contributed by atoms with van der Waals surface area (Å²) in [5, 5.41) is 3.14. The number of carbonyl (C=O) groups is 1. The molecule has 0 heterocycles. The van der Waals surface area contributed by atoms with Crippen LogP contribution in [0.3, 0.4) is 0 Å². The molecule has 3 unspecified atom stereocenters. The molecule has 0 radical (unpaired) electrons. The first kappa shape index (κ1) is 11.5. The fourth-order valence-corrected chi connectivity index (χ4v) is 2.32. The molecule has 0 aromatic heterocycles. The third-order valence-electron chi connectivity index (χ3n) is 3.72. The van der Waals surface area contributed by atoms with E-state index in [1.807, 2.05) is 7.05 Å². The van der Waals surface area contributed by atoms with Gasteiger partial charge in [-0.3, -0.25) is 4.79 Å². The van der Waals surface area contributed by atoms with E-state index in [4.69, 9.17) is 4.74 Å². The van der Waals surface area contributed by atoms with Gasteiger partial charge >= 0.3 is 5.97 Å². The molecule has 0 amide bonds. The Labute approximate surface area is 86.2 Å². The maximum absolute atomic E-state index is 11.7. The second-order valence-electron chi connectivity index (χ2n) is 4.52.